The van der Waals surface area contributed by atoms with Crippen molar-refractivity contribution in [2.45, 2.75) is 76.9 Å². The van der Waals surface area contributed by atoms with E-state index in [0.717, 1.165) is 75.7 Å². The van der Waals surface area contributed by atoms with Crippen LogP contribution in [0.2, 0.25) is 0 Å². The highest BCUT2D eigenvalue weighted by atomic mass is 32.1. The summed E-state index contributed by atoms with van der Waals surface area (Å²) in [5.41, 5.74) is 1.21. The first-order valence-corrected chi connectivity index (χ1v) is 12.9. The molecule has 2 saturated carbocycles. The predicted molar refractivity (Wildman–Crippen MR) is 126 cm³/mol. The van der Waals surface area contributed by atoms with Gasteiger partial charge in [-0.05, 0) is 70.9 Å². The van der Waals surface area contributed by atoms with Crippen molar-refractivity contribution in [3.63, 3.8) is 0 Å². The van der Waals surface area contributed by atoms with Crippen LogP contribution < -0.4 is 16.0 Å². The lowest BCUT2D eigenvalue weighted by molar-refractivity contribution is -0.126. The molecule has 0 aromatic carbocycles. The Labute approximate surface area is 190 Å². The van der Waals surface area contributed by atoms with Crippen molar-refractivity contribution >= 4 is 23.2 Å². The number of nitrogens with zero attached hydrogens (tertiary/aromatic N) is 3. The fourth-order valence-corrected chi connectivity index (χ4v) is 5.40. The van der Waals surface area contributed by atoms with Crippen molar-refractivity contribution in [2.24, 2.45) is 16.8 Å². The maximum atomic E-state index is 12.4. The average molecular weight is 447 g/mol. The van der Waals surface area contributed by atoms with E-state index in [2.05, 4.69) is 43.1 Å². The van der Waals surface area contributed by atoms with Gasteiger partial charge in [0.15, 0.2) is 5.96 Å². The van der Waals surface area contributed by atoms with Gasteiger partial charge in [0.2, 0.25) is 5.91 Å². The van der Waals surface area contributed by atoms with Crippen LogP contribution in [0.25, 0.3) is 0 Å². The number of aryl methyl sites for hydroxylation is 1. The van der Waals surface area contributed by atoms with Crippen molar-refractivity contribution in [3.8, 4) is 0 Å². The molecule has 2 atom stereocenters. The lowest BCUT2D eigenvalue weighted by Crippen LogP contribution is -2.48. The van der Waals surface area contributed by atoms with Gasteiger partial charge in [0.1, 0.15) is 0 Å². The molecule has 0 radical (unpaired) electrons. The van der Waals surface area contributed by atoms with Gasteiger partial charge >= 0.3 is 0 Å². The minimum absolute atomic E-state index is 0.149. The zero-order valence-corrected chi connectivity index (χ0v) is 19.8. The number of carbonyl (C=O) groups excluding carboxylic acids is 1. The molecular formula is C23H38N6OS. The van der Waals surface area contributed by atoms with Gasteiger partial charge in [-0.3, -0.25) is 14.7 Å². The number of aliphatic imine (C=N–C) groups is 1. The summed E-state index contributed by atoms with van der Waals surface area (Å²) in [5.74, 6) is 1.97. The summed E-state index contributed by atoms with van der Waals surface area (Å²) in [5, 5.41) is 13.7. The van der Waals surface area contributed by atoms with Crippen LogP contribution in [0.5, 0.6) is 0 Å². The molecule has 1 saturated heterocycles. The third-order valence-corrected chi connectivity index (χ3v) is 7.67. The largest absolute Gasteiger partial charge is 0.356 e. The summed E-state index contributed by atoms with van der Waals surface area (Å²) in [4.78, 5) is 24.0. The van der Waals surface area contributed by atoms with Crippen LogP contribution in [-0.4, -0.2) is 60.5 Å². The van der Waals surface area contributed by atoms with Crippen LogP contribution >= 0.6 is 11.3 Å². The molecule has 172 valence electrons. The maximum absolute atomic E-state index is 12.4. The molecule has 1 aromatic rings. The van der Waals surface area contributed by atoms with E-state index in [1.165, 1.54) is 18.5 Å². The van der Waals surface area contributed by atoms with E-state index in [4.69, 9.17) is 0 Å². The van der Waals surface area contributed by atoms with Gasteiger partial charge in [-0.15, -0.1) is 11.3 Å². The topological polar surface area (TPSA) is 81.7 Å². The first-order valence-electron chi connectivity index (χ1n) is 12.0. The highest BCUT2D eigenvalue weighted by Crippen LogP contribution is 2.27. The molecule has 4 rings (SSSR count). The number of hydrogen-bond donors (Lipinski definition) is 3. The van der Waals surface area contributed by atoms with Gasteiger partial charge in [0.05, 0.1) is 10.7 Å². The second-order valence-electron chi connectivity index (χ2n) is 9.52. The van der Waals surface area contributed by atoms with E-state index >= 15 is 0 Å². The number of aromatic nitrogens is 1. The molecule has 3 aliphatic rings. The predicted octanol–water partition coefficient (Wildman–Crippen LogP) is 2.67. The van der Waals surface area contributed by atoms with E-state index in [1.807, 2.05) is 7.05 Å². The van der Waals surface area contributed by atoms with Crippen LogP contribution in [0.3, 0.4) is 0 Å². The van der Waals surface area contributed by atoms with Gasteiger partial charge in [0.25, 0.3) is 0 Å². The molecule has 2 aliphatic carbocycles. The van der Waals surface area contributed by atoms with E-state index in [-0.39, 0.29) is 11.8 Å². The molecule has 8 heteroatoms. The Morgan fingerprint density at radius 2 is 1.97 bits per heavy atom. The number of likely N-dealkylation sites (tertiary alicyclic amines) is 1. The zero-order valence-electron chi connectivity index (χ0n) is 19.0. The SMILES string of the molecule is CN=C(NCC1CCN(Cc2csc(C)n2)CC1)NC1CCCC(C(=O)NC2CC2)C1. The normalized spacial score (nSPS) is 25.9. The first-order chi connectivity index (χ1) is 15.1. The van der Waals surface area contributed by atoms with Crippen LogP contribution in [0.1, 0.15) is 62.1 Å². The number of rotatable bonds is 7. The fraction of sp³-hybridized carbons (Fsp3) is 0.783. The quantitative estimate of drug-likeness (QED) is 0.443. The van der Waals surface area contributed by atoms with Crippen molar-refractivity contribution < 1.29 is 4.79 Å². The number of amides is 1. The van der Waals surface area contributed by atoms with Crippen LogP contribution in [0, 0.1) is 18.8 Å². The molecule has 3 fully saturated rings. The fourth-order valence-electron chi connectivity index (χ4n) is 4.79. The van der Waals surface area contributed by atoms with Gasteiger partial charge in [0, 0.05) is 43.5 Å². The molecule has 0 spiro atoms. The number of carbonyl (C=O) groups is 1. The van der Waals surface area contributed by atoms with Gasteiger partial charge in [-0.2, -0.15) is 0 Å². The van der Waals surface area contributed by atoms with E-state index in [1.54, 1.807) is 11.3 Å². The minimum atomic E-state index is 0.149. The van der Waals surface area contributed by atoms with Gasteiger partial charge < -0.3 is 16.0 Å². The van der Waals surface area contributed by atoms with Crippen molar-refractivity contribution in [2.75, 3.05) is 26.7 Å². The lowest BCUT2D eigenvalue weighted by Gasteiger charge is -2.33. The lowest BCUT2D eigenvalue weighted by atomic mass is 9.85. The van der Waals surface area contributed by atoms with Crippen LogP contribution in [0.15, 0.2) is 10.4 Å². The second kappa shape index (κ2) is 10.8. The van der Waals surface area contributed by atoms with E-state index in [9.17, 15) is 4.79 Å². The summed E-state index contributed by atoms with van der Waals surface area (Å²) >= 11 is 1.74. The Bertz CT molecular complexity index is 753. The monoisotopic (exact) mass is 446 g/mol. The van der Waals surface area contributed by atoms with Crippen molar-refractivity contribution in [1.82, 2.24) is 25.8 Å². The van der Waals surface area contributed by atoms with E-state index < -0.39 is 0 Å². The third-order valence-electron chi connectivity index (χ3n) is 6.85. The standard InChI is InChI=1S/C23H38N6OS/c1-16-26-21(15-31-16)14-29-10-8-17(9-11-29)13-25-23(24-2)28-20-5-3-4-18(12-20)22(30)27-19-6-7-19/h15,17-20H,3-14H2,1-2H3,(H,27,30)(H2,24,25,28). The summed E-state index contributed by atoms with van der Waals surface area (Å²) in [7, 11) is 1.84. The number of guanidine groups is 1. The highest BCUT2D eigenvalue weighted by molar-refractivity contribution is 7.09. The molecule has 31 heavy (non-hydrogen) atoms. The Morgan fingerprint density at radius 3 is 2.65 bits per heavy atom. The molecule has 0 bridgehead atoms. The first kappa shape index (κ1) is 22.5. The number of thiazole rings is 1. The molecule has 2 heterocycles. The Morgan fingerprint density at radius 1 is 1.16 bits per heavy atom. The number of nitrogens with one attached hydrogen (secondary N) is 3. The van der Waals surface area contributed by atoms with Gasteiger partial charge in [-0.25, -0.2) is 4.98 Å². The van der Waals surface area contributed by atoms with Crippen LogP contribution in [0.4, 0.5) is 0 Å². The number of hydrogen-bond acceptors (Lipinski definition) is 5. The molecular weight excluding hydrogens is 408 g/mol. The summed E-state index contributed by atoms with van der Waals surface area (Å²) in [6.45, 7) is 6.28. The third kappa shape index (κ3) is 6.91. The summed E-state index contributed by atoms with van der Waals surface area (Å²) < 4.78 is 0. The molecule has 3 N–H and O–H groups in total. The van der Waals surface area contributed by atoms with Crippen molar-refractivity contribution in [3.05, 3.63) is 16.1 Å². The summed E-state index contributed by atoms with van der Waals surface area (Å²) in [6.07, 6.45) is 8.87. The number of piperidine rings is 1. The average Bonchev–Trinajstić information content (AvgIpc) is 3.51. The molecule has 1 amide bonds. The maximum Gasteiger partial charge on any atom is 0.223 e. The van der Waals surface area contributed by atoms with E-state index in [0.29, 0.717) is 18.0 Å². The molecule has 2 unspecified atom stereocenters. The Kier molecular flexibility index (Phi) is 7.82. The Hall–Kier alpha value is -1.67. The second-order valence-corrected chi connectivity index (χ2v) is 10.6. The smallest absolute Gasteiger partial charge is 0.223 e. The Balaban J connectivity index is 1.15. The molecule has 1 aromatic heterocycles. The zero-order chi connectivity index (χ0) is 21.6. The minimum Gasteiger partial charge on any atom is -0.356 e. The van der Waals surface area contributed by atoms with Crippen molar-refractivity contribution in [1.29, 1.82) is 0 Å². The summed E-state index contributed by atoms with van der Waals surface area (Å²) in [6, 6.07) is 0.783. The van der Waals surface area contributed by atoms with Crippen LogP contribution in [-0.2, 0) is 11.3 Å². The molecule has 1 aliphatic heterocycles. The van der Waals surface area contributed by atoms with Gasteiger partial charge in [-0.1, -0.05) is 6.42 Å². The molecule has 7 nitrogen and oxygen atoms in total. The highest BCUT2D eigenvalue weighted by Gasteiger charge is 2.31.